The summed E-state index contributed by atoms with van der Waals surface area (Å²) in [4.78, 5) is 25.4. The van der Waals surface area contributed by atoms with Crippen LogP contribution in [0.15, 0.2) is 24.3 Å². The average molecular weight is 374 g/mol. The van der Waals surface area contributed by atoms with Gasteiger partial charge in [0.15, 0.2) is 5.69 Å². The molecule has 0 bridgehead atoms. The topological polar surface area (TPSA) is 88.3 Å². The summed E-state index contributed by atoms with van der Waals surface area (Å²) in [6, 6.07) is 6.13. The molecule has 0 spiro atoms. The smallest absolute Gasteiger partial charge is 0.303 e. The van der Waals surface area contributed by atoms with E-state index in [2.05, 4.69) is 10.3 Å². The summed E-state index contributed by atoms with van der Waals surface area (Å²) in [5, 5.41) is 17.0. The summed E-state index contributed by atoms with van der Waals surface area (Å²) in [7, 11) is 0. The van der Waals surface area contributed by atoms with Gasteiger partial charge in [0.2, 0.25) is 0 Å². The Hall–Kier alpha value is -2.77. The summed E-state index contributed by atoms with van der Waals surface area (Å²) >= 11 is 0. The lowest BCUT2D eigenvalue weighted by molar-refractivity contribution is -0.137. The Morgan fingerprint density at radius 2 is 2.04 bits per heavy atom. The summed E-state index contributed by atoms with van der Waals surface area (Å²) in [6.07, 6.45) is 2.50. The summed E-state index contributed by atoms with van der Waals surface area (Å²) < 4.78 is 14.7. The summed E-state index contributed by atoms with van der Waals surface area (Å²) in [6.45, 7) is 3.40. The number of aromatic nitrogens is 3. The van der Waals surface area contributed by atoms with Gasteiger partial charge in [-0.05, 0) is 49.8 Å². The maximum absolute atomic E-state index is 13.0. The fourth-order valence-corrected chi connectivity index (χ4v) is 3.43. The first-order chi connectivity index (χ1) is 12.9. The summed E-state index contributed by atoms with van der Waals surface area (Å²) in [5.41, 5.74) is 1.85. The van der Waals surface area contributed by atoms with Crippen molar-refractivity contribution in [1.29, 1.82) is 0 Å². The molecule has 3 rings (SSSR count). The van der Waals surface area contributed by atoms with Crippen LogP contribution in [0.3, 0.4) is 0 Å². The van der Waals surface area contributed by atoms with Gasteiger partial charge in [0.25, 0.3) is 5.91 Å². The van der Waals surface area contributed by atoms with E-state index in [0.717, 1.165) is 18.4 Å². The molecule has 27 heavy (non-hydrogen) atoms. The predicted molar refractivity (Wildman–Crippen MR) is 95.8 cm³/mol. The minimum absolute atomic E-state index is 0.125. The van der Waals surface area contributed by atoms with Crippen LogP contribution in [-0.2, 0) is 11.3 Å². The standard InChI is InChI=1S/C19H23FN4O3/c1-13-18(21-22-24(13)12-15-4-7-16(20)8-5-15)19(27)23-10-2-3-14(11-23)6-9-17(25)26/h4-5,7-8,14H,2-3,6,9-12H2,1H3,(H,25,26). The van der Waals surface area contributed by atoms with Crippen molar-refractivity contribution in [3.05, 3.63) is 47.0 Å². The highest BCUT2D eigenvalue weighted by Crippen LogP contribution is 2.23. The summed E-state index contributed by atoms with van der Waals surface area (Å²) in [5.74, 6) is -1.07. The largest absolute Gasteiger partial charge is 0.481 e. The molecule has 1 aliphatic rings. The van der Waals surface area contributed by atoms with Gasteiger partial charge in [-0.2, -0.15) is 0 Å². The number of rotatable bonds is 6. The Morgan fingerprint density at radius 1 is 1.30 bits per heavy atom. The van der Waals surface area contributed by atoms with Gasteiger partial charge in [0.05, 0.1) is 12.2 Å². The number of carbonyl (C=O) groups is 2. The van der Waals surface area contributed by atoms with E-state index in [9.17, 15) is 14.0 Å². The van der Waals surface area contributed by atoms with Crippen LogP contribution in [0.25, 0.3) is 0 Å². The van der Waals surface area contributed by atoms with Gasteiger partial charge in [-0.1, -0.05) is 17.3 Å². The number of halogens is 1. The highest BCUT2D eigenvalue weighted by atomic mass is 19.1. The van der Waals surface area contributed by atoms with Gasteiger partial charge in [-0.25, -0.2) is 9.07 Å². The molecular weight excluding hydrogens is 351 g/mol. The zero-order valence-electron chi connectivity index (χ0n) is 15.3. The molecule has 1 aromatic heterocycles. The normalized spacial score (nSPS) is 17.1. The first kappa shape index (κ1) is 19.0. The maximum atomic E-state index is 13.0. The monoisotopic (exact) mass is 374 g/mol. The fourth-order valence-electron chi connectivity index (χ4n) is 3.43. The van der Waals surface area contributed by atoms with Crippen molar-refractivity contribution in [3.8, 4) is 0 Å². The number of nitrogens with zero attached hydrogens (tertiary/aromatic N) is 4. The number of amides is 1. The average Bonchev–Trinajstić information content (AvgIpc) is 3.02. The van der Waals surface area contributed by atoms with Crippen LogP contribution >= 0.6 is 0 Å². The molecule has 8 heteroatoms. The van der Waals surface area contributed by atoms with E-state index in [1.54, 1.807) is 28.6 Å². The van der Waals surface area contributed by atoms with Crippen molar-refractivity contribution in [2.45, 2.75) is 39.2 Å². The van der Waals surface area contributed by atoms with Crippen LogP contribution < -0.4 is 0 Å². The van der Waals surface area contributed by atoms with Gasteiger partial charge in [0, 0.05) is 19.5 Å². The number of hydrogen-bond donors (Lipinski definition) is 1. The van der Waals surface area contributed by atoms with E-state index < -0.39 is 5.97 Å². The Kier molecular flexibility index (Phi) is 5.83. The molecule has 144 valence electrons. The number of carboxylic acids is 1. The molecule has 1 saturated heterocycles. The molecule has 0 radical (unpaired) electrons. The Bertz CT molecular complexity index is 819. The van der Waals surface area contributed by atoms with Crippen LogP contribution in [0.2, 0.25) is 0 Å². The SMILES string of the molecule is Cc1c(C(=O)N2CCCC(CCC(=O)O)C2)nnn1Cc1ccc(F)cc1. The molecule has 2 aromatic rings. The van der Waals surface area contributed by atoms with Crippen LogP contribution in [0.1, 0.15) is 47.4 Å². The van der Waals surface area contributed by atoms with Crippen LogP contribution in [-0.4, -0.2) is 50.0 Å². The molecule has 7 nitrogen and oxygen atoms in total. The Balaban J connectivity index is 1.67. The van der Waals surface area contributed by atoms with Gasteiger partial charge in [0.1, 0.15) is 5.82 Å². The minimum atomic E-state index is -0.807. The number of likely N-dealkylation sites (tertiary alicyclic amines) is 1. The number of carboxylic acid groups (broad SMARTS) is 1. The highest BCUT2D eigenvalue weighted by Gasteiger charge is 2.28. The molecule has 1 unspecified atom stereocenters. The van der Waals surface area contributed by atoms with Crippen LogP contribution in [0.5, 0.6) is 0 Å². The Morgan fingerprint density at radius 3 is 2.74 bits per heavy atom. The van der Waals surface area contributed by atoms with E-state index in [0.29, 0.717) is 37.4 Å². The lowest BCUT2D eigenvalue weighted by Gasteiger charge is -2.32. The zero-order chi connectivity index (χ0) is 19.4. The molecule has 1 fully saturated rings. The lowest BCUT2D eigenvalue weighted by atomic mass is 9.93. The molecule has 1 aliphatic heterocycles. The van der Waals surface area contributed by atoms with Crippen molar-refractivity contribution >= 4 is 11.9 Å². The van der Waals surface area contributed by atoms with Gasteiger partial charge < -0.3 is 10.0 Å². The predicted octanol–water partition coefficient (Wildman–Crippen LogP) is 2.49. The first-order valence-electron chi connectivity index (χ1n) is 9.09. The lowest BCUT2D eigenvalue weighted by Crippen LogP contribution is -2.40. The van der Waals surface area contributed by atoms with E-state index in [-0.39, 0.29) is 24.1 Å². The molecule has 1 aromatic carbocycles. The van der Waals surface area contributed by atoms with Gasteiger partial charge in [-0.15, -0.1) is 5.10 Å². The highest BCUT2D eigenvalue weighted by molar-refractivity contribution is 5.93. The van der Waals surface area contributed by atoms with Crippen LogP contribution in [0.4, 0.5) is 4.39 Å². The molecule has 0 aliphatic carbocycles. The third-order valence-electron chi connectivity index (χ3n) is 5.00. The van der Waals surface area contributed by atoms with E-state index in [1.165, 1.54) is 12.1 Å². The van der Waals surface area contributed by atoms with Gasteiger partial charge >= 0.3 is 5.97 Å². The second-order valence-corrected chi connectivity index (χ2v) is 7.00. The number of carbonyl (C=O) groups excluding carboxylic acids is 1. The molecular formula is C19H23FN4O3. The zero-order valence-corrected chi connectivity index (χ0v) is 15.3. The molecule has 1 amide bonds. The number of aliphatic carboxylic acids is 1. The second-order valence-electron chi connectivity index (χ2n) is 7.00. The van der Waals surface area contributed by atoms with Gasteiger partial charge in [-0.3, -0.25) is 9.59 Å². The number of hydrogen-bond acceptors (Lipinski definition) is 4. The van der Waals surface area contributed by atoms with Crippen molar-refractivity contribution in [3.63, 3.8) is 0 Å². The fraction of sp³-hybridized carbons (Fsp3) is 0.474. The minimum Gasteiger partial charge on any atom is -0.481 e. The molecule has 1 atom stereocenters. The third-order valence-corrected chi connectivity index (χ3v) is 5.00. The molecule has 2 heterocycles. The maximum Gasteiger partial charge on any atom is 0.303 e. The number of piperidine rings is 1. The van der Waals surface area contributed by atoms with E-state index in [4.69, 9.17) is 5.11 Å². The third kappa shape index (κ3) is 4.69. The molecule has 0 saturated carbocycles. The van der Waals surface area contributed by atoms with Crippen molar-refractivity contribution in [2.75, 3.05) is 13.1 Å². The Labute approximate surface area is 156 Å². The van der Waals surface area contributed by atoms with E-state index in [1.807, 2.05) is 0 Å². The van der Waals surface area contributed by atoms with Crippen molar-refractivity contribution in [1.82, 2.24) is 19.9 Å². The molecule has 1 N–H and O–H groups in total. The second kappa shape index (κ2) is 8.28. The quantitative estimate of drug-likeness (QED) is 0.839. The number of benzene rings is 1. The first-order valence-corrected chi connectivity index (χ1v) is 9.09. The van der Waals surface area contributed by atoms with Crippen molar-refractivity contribution < 1.29 is 19.1 Å². The van der Waals surface area contributed by atoms with Crippen molar-refractivity contribution in [2.24, 2.45) is 5.92 Å². The van der Waals surface area contributed by atoms with Crippen LogP contribution in [0, 0.1) is 18.7 Å². The van der Waals surface area contributed by atoms with E-state index >= 15 is 0 Å².